The number of hydrogen-bond donors (Lipinski definition) is 2. The molecule has 0 saturated heterocycles. The van der Waals surface area contributed by atoms with Crippen LogP contribution in [0.1, 0.15) is 43.5 Å². The van der Waals surface area contributed by atoms with E-state index in [0.717, 1.165) is 0 Å². The summed E-state index contributed by atoms with van der Waals surface area (Å²) < 4.78 is 10.9. The number of benzene rings is 1. The maximum Gasteiger partial charge on any atom is 0.306 e. The van der Waals surface area contributed by atoms with E-state index >= 15 is 0 Å². The molecule has 0 spiro atoms. The van der Waals surface area contributed by atoms with Crippen molar-refractivity contribution >= 4 is 11.9 Å². The molecule has 6 heteroatoms. The maximum atomic E-state index is 12.6. The number of hydrogen-bond acceptors (Lipinski definition) is 4. The van der Waals surface area contributed by atoms with Crippen LogP contribution in [0.2, 0.25) is 0 Å². The van der Waals surface area contributed by atoms with E-state index in [9.17, 15) is 9.59 Å². The monoisotopic (exact) mass is 335 g/mol. The molecular weight excluding hydrogens is 310 g/mol. The van der Waals surface area contributed by atoms with Gasteiger partial charge in [0, 0.05) is 12.1 Å². The third-order valence-corrected chi connectivity index (χ3v) is 4.12. The fourth-order valence-electron chi connectivity index (χ4n) is 2.79. The summed E-state index contributed by atoms with van der Waals surface area (Å²) in [4.78, 5) is 23.6. The van der Waals surface area contributed by atoms with Crippen molar-refractivity contribution in [2.75, 3.05) is 13.7 Å². The van der Waals surface area contributed by atoms with Crippen LogP contribution in [-0.2, 0) is 4.79 Å². The fourth-order valence-corrected chi connectivity index (χ4v) is 2.79. The molecule has 132 valence electrons. The SMILES string of the molecule is COc1ccc(C(=O)N[C@H]2CC[C@@H](C(=O)O)C2)c(OCC(C)C)c1. The van der Waals surface area contributed by atoms with Crippen LogP contribution in [-0.4, -0.2) is 36.7 Å². The zero-order valence-electron chi connectivity index (χ0n) is 14.4. The third kappa shape index (κ3) is 4.63. The number of rotatable bonds is 7. The van der Waals surface area contributed by atoms with Crippen molar-refractivity contribution in [3.63, 3.8) is 0 Å². The number of carboxylic acids is 1. The molecule has 2 atom stereocenters. The fraction of sp³-hybridized carbons (Fsp3) is 0.556. The number of amides is 1. The number of methoxy groups -OCH3 is 1. The molecular formula is C18H25NO5. The van der Waals surface area contributed by atoms with Crippen molar-refractivity contribution in [1.82, 2.24) is 5.32 Å². The van der Waals surface area contributed by atoms with E-state index in [1.165, 1.54) is 0 Å². The summed E-state index contributed by atoms with van der Waals surface area (Å²) >= 11 is 0. The standard InChI is InChI=1S/C18H25NO5/c1-11(2)10-24-16-9-14(23-3)6-7-15(16)17(20)19-13-5-4-12(8-13)18(21)22/h6-7,9,11-13H,4-5,8,10H2,1-3H3,(H,19,20)(H,21,22)/t12-,13+/m1/s1. The maximum absolute atomic E-state index is 12.6. The van der Waals surface area contributed by atoms with Gasteiger partial charge in [0.25, 0.3) is 5.91 Å². The van der Waals surface area contributed by atoms with Gasteiger partial charge in [-0.25, -0.2) is 0 Å². The van der Waals surface area contributed by atoms with Gasteiger partial charge in [0.2, 0.25) is 0 Å². The lowest BCUT2D eigenvalue weighted by Crippen LogP contribution is -2.33. The van der Waals surface area contributed by atoms with Crippen molar-refractivity contribution in [1.29, 1.82) is 0 Å². The third-order valence-electron chi connectivity index (χ3n) is 4.12. The molecule has 0 aromatic heterocycles. The molecule has 0 aliphatic heterocycles. The molecule has 1 aliphatic rings. The molecule has 24 heavy (non-hydrogen) atoms. The van der Waals surface area contributed by atoms with E-state index < -0.39 is 5.97 Å². The van der Waals surface area contributed by atoms with Crippen LogP contribution in [0.15, 0.2) is 18.2 Å². The Morgan fingerprint density at radius 3 is 2.67 bits per heavy atom. The van der Waals surface area contributed by atoms with E-state index in [-0.39, 0.29) is 17.9 Å². The number of aliphatic carboxylic acids is 1. The van der Waals surface area contributed by atoms with Crippen LogP contribution in [0.3, 0.4) is 0 Å². The van der Waals surface area contributed by atoms with E-state index in [2.05, 4.69) is 5.32 Å². The smallest absolute Gasteiger partial charge is 0.306 e. The Kier molecular flexibility index (Phi) is 6.06. The van der Waals surface area contributed by atoms with Gasteiger partial charge in [0.05, 0.1) is 25.2 Å². The first-order valence-electron chi connectivity index (χ1n) is 8.25. The molecule has 1 fully saturated rings. The van der Waals surface area contributed by atoms with Gasteiger partial charge in [-0.15, -0.1) is 0 Å². The Morgan fingerprint density at radius 1 is 1.33 bits per heavy atom. The van der Waals surface area contributed by atoms with Gasteiger partial charge in [-0.05, 0) is 37.3 Å². The van der Waals surface area contributed by atoms with E-state index in [1.54, 1.807) is 25.3 Å². The van der Waals surface area contributed by atoms with Crippen molar-refractivity contribution in [3.05, 3.63) is 23.8 Å². The summed E-state index contributed by atoms with van der Waals surface area (Å²) in [5, 5.41) is 12.0. The second-order valence-corrected chi connectivity index (χ2v) is 6.59. The van der Waals surface area contributed by atoms with Gasteiger partial charge >= 0.3 is 5.97 Å². The second kappa shape index (κ2) is 8.04. The lowest BCUT2D eigenvalue weighted by molar-refractivity contribution is -0.141. The van der Waals surface area contributed by atoms with Crippen LogP contribution in [0.25, 0.3) is 0 Å². The molecule has 2 N–H and O–H groups in total. The zero-order valence-corrected chi connectivity index (χ0v) is 14.4. The summed E-state index contributed by atoms with van der Waals surface area (Å²) in [5.74, 6) is 0.0242. The van der Waals surface area contributed by atoms with Gasteiger partial charge in [-0.3, -0.25) is 9.59 Å². The van der Waals surface area contributed by atoms with Gasteiger partial charge < -0.3 is 19.9 Å². The quantitative estimate of drug-likeness (QED) is 0.800. The van der Waals surface area contributed by atoms with Crippen LogP contribution in [0.5, 0.6) is 11.5 Å². The zero-order chi connectivity index (χ0) is 17.7. The minimum atomic E-state index is -0.794. The van der Waals surface area contributed by atoms with Crippen molar-refractivity contribution < 1.29 is 24.2 Å². The van der Waals surface area contributed by atoms with Gasteiger partial charge in [0.15, 0.2) is 0 Å². The highest BCUT2D eigenvalue weighted by Gasteiger charge is 2.31. The molecule has 0 heterocycles. The van der Waals surface area contributed by atoms with E-state index in [1.807, 2.05) is 13.8 Å². The Balaban J connectivity index is 2.09. The lowest BCUT2D eigenvalue weighted by Gasteiger charge is -2.17. The lowest BCUT2D eigenvalue weighted by atomic mass is 10.1. The summed E-state index contributed by atoms with van der Waals surface area (Å²) in [6.07, 6.45) is 1.75. The number of ether oxygens (including phenoxy) is 2. The van der Waals surface area contributed by atoms with Crippen molar-refractivity contribution in [3.8, 4) is 11.5 Å². The van der Waals surface area contributed by atoms with E-state index in [4.69, 9.17) is 14.6 Å². The summed E-state index contributed by atoms with van der Waals surface area (Å²) in [5.41, 5.74) is 0.440. The molecule has 2 rings (SSSR count). The van der Waals surface area contributed by atoms with Crippen molar-refractivity contribution in [2.24, 2.45) is 11.8 Å². The average molecular weight is 335 g/mol. The normalized spacial score (nSPS) is 20.0. The molecule has 1 aromatic carbocycles. The topological polar surface area (TPSA) is 84.9 Å². The molecule has 0 radical (unpaired) electrons. The van der Waals surface area contributed by atoms with Gasteiger partial charge in [-0.1, -0.05) is 13.8 Å². The molecule has 6 nitrogen and oxygen atoms in total. The Hall–Kier alpha value is -2.24. The van der Waals surface area contributed by atoms with Gasteiger partial charge in [0.1, 0.15) is 11.5 Å². The van der Waals surface area contributed by atoms with Crippen molar-refractivity contribution in [2.45, 2.75) is 39.2 Å². The number of carbonyl (C=O) groups is 2. The minimum Gasteiger partial charge on any atom is -0.497 e. The molecule has 1 aliphatic carbocycles. The van der Waals surface area contributed by atoms with Crippen LogP contribution >= 0.6 is 0 Å². The largest absolute Gasteiger partial charge is 0.497 e. The molecule has 1 aromatic rings. The minimum absolute atomic E-state index is 0.112. The van der Waals surface area contributed by atoms with Crippen LogP contribution in [0, 0.1) is 11.8 Å². The van der Waals surface area contributed by atoms with Crippen LogP contribution < -0.4 is 14.8 Å². The predicted octanol–water partition coefficient (Wildman–Crippen LogP) is 2.71. The second-order valence-electron chi connectivity index (χ2n) is 6.59. The molecule has 1 saturated carbocycles. The average Bonchev–Trinajstić information content (AvgIpc) is 3.01. The van der Waals surface area contributed by atoms with Gasteiger partial charge in [-0.2, -0.15) is 0 Å². The first kappa shape index (κ1) is 18.1. The highest BCUT2D eigenvalue weighted by Crippen LogP contribution is 2.28. The molecule has 1 amide bonds. The highest BCUT2D eigenvalue weighted by molar-refractivity contribution is 5.97. The first-order valence-corrected chi connectivity index (χ1v) is 8.25. The first-order chi connectivity index (χ1) is 11.4. The molecule has 0 bridgehead atoms. The van der Waals surface area contributed by atoms with E-state index in [0.29, 0.717) is 48.8 Å². The highest BCUT2D eigenvalue weighted by atomic mass is 16.5. The Bertz CT molecular complexity index is 599. The Labute approximate surface area is 142 Å². The predicted molar refractivity (Wildman–Crippen MR) is 89.6 cm³/mol. The molecule has 0 unspecified atom stereocenters. The van der Waals surface area contributed by atoms with Crippen LogP contribution in [0.4, 0.5) is 0 Å². The number of nitrogens with one attached hydrogen (secondary N) is 1. The number of carboxylic acid groups (broad SMARTS) is 1. The summed E-state index contributed by atoms with van der Waals surface area (Å²) in [6, 6.07) is 4.98. The number of carbonyl (C=O) groups excluding carboxylic acids is 1. The Morgan fingerprint density at radius 2 is 2.08 bits per heavy atom. The summed E-state index contributed by atoms with van der Waals surface area (Å²) in [7, 11) is 1.56. The summed E-state index contributed by atoms with van der Waals surface area (Å²) in [6.45, 7) is 4.56.